The van der Waals surface area contributed by atoms with Gasteiger partial charge in [0, 0.05) is 23.0 Å². The Morgan fingerprint density at radius 2 is 1.90 bits per heavy atom. The van der Waals surface area contributed by atoms with Crippen molar-refractivity contribution in [2.45, 2.75) is 12.8 Å². The summed E-state index contributed by atoms with van der Waals surface area (Å²) in [6.07, 6.45) is 2.07. The summed E-state index contributed by atoms with van der Waals surface area (Å²) in [4.78, 5) is 25.2. The van der Waals surface area contributed by atoms with Crippen LogP contribution in [0.4, 0.5) is 0 Å². The van der Waals surface area contributed by atoms with Crippen molar-refractivity contribution in [3.8, 4) is 11.5 Å². The van der Waals surface area contributed by atoms with Crippen molar-refractivity contribution in [3.63, 3.8) is 0 Å². The summed E-state index contributed by atoms with van der Waals surface area (Å²) in [7, 11) is 0. The van der Waals surface area contributed by atoms with Gasteiger partial charge in [-0.25, -0.2) is 0 Å². The van der Waals surface area contributed by atoms with Gasteiger partial charge in [-0.15, -0.1) is 0 Å². The van der Waals surface area contributed by atoms with Crippen LogP contribution in [-0.4, -0.2) is 32.7 Å². The van der Waals surface area contributed by atoms with Crippen molar-refractivity contribution < 1.29 is 19.4 Å². The summed E-state index contributed by atoms with van der Waals surface area (Å²) in [5, 5.41) is 9.68. The highest BCUT2D eigenvalue weighted by molar-refractivity contribution is 8.26. The van der Waals surface area contributed by atoms with E-state index in [2.05, 4.69) is 0 Å². The molecule has 0 radical (unpaired) electrons. The van der Waals surface area contributed by atoms with Gasteiger partial charge in [0.05, 0.1) is 4.91 Å². The molecule has 9 heteroatoms. The van der Waals surface area contributed by atoms with Gasteiger partial charge >= 0.3 is 5.97 Å². The summed E-state index contributed by atoms with van der Waals surface area (Å²) in [6.45, 7) is 0.285. The van der Waals surface area contributed by atoms with E-state index in [1.807, 2.05) is 6.07 Å². The van der Waals surface area contributed by atoms with Gasteiger partial charge in [-0.05, 0) is 48.4 Å². The maximum absolute atomic E-state index is 12.6. The van der Waals surface area contributed by atoms with Crippen LogP contribution in [0, 0.1) is 0 Å². The Hall–Kier alpha value is -2.06. The molecule has 0 aromatic heterocycles. The molecule has 0 spiro atoms. The zero-order valence-electron chi connectivity index (χ0n) is 14.9. The molecule has 0 saturated carbocycles. The highest BCUT2D eigenvalue weighted by Crippen LogP contribution is 2.34. The van der Waals surface area contributed by atoms with Gasteiger partial charge in [0.1, 0.15) is 15.8 Å². The predicted molar refractivity (Wildman–Crippen MR) is 120 cm³/mol. The van der Waals surface area contributed by atoms with Crippen LogP contribution >= 0.6 is 47.2 Å². The Labute approximate surface area is 187 Å². The van der Waals surface area contributed by atoms with Crippen LogP contribution in [0.3, 0.4) is 0 Å². The molecule has 29 heavy (non-hydrogen) atoms. The van der Waals surface area contributed by atoms with Crippen LogP contribution in [0.15, 0.2) is 47.4 Å². The number of aliphatic carboxylic acids is 1. The Kier molecular flexibility index (Phi) is 7.18. The van der Waals surface area contributed by atoms with E-state index in [0.717, 1.165) is 5.56 Å². The number of amides is 1. The van der Waals surface area contributed by atoms with Crippen molar-refractivity contribution in [1.29, 1.82) is 0 Å². The topological polar surface area (TPSA) is 66.8 Å². The maximum atomic E-state index is 12.6. The molecule has 3 rings (SSSR count). The van der Waals surface area contributed by atoms with Crippen LogP contribution in [-0.2, 0) is 9.59 Å². The first-order valence-corrected chi connectivity index (χ1v) is 10.5. The molecular weight excluding hydrogens is 453 g/mol. The number of carboxylic acid groups (broad SMARTS) is 1. The number of halogens is 2. The number of hydrogen-bond acceptors (Lipinski definition) is 5. The monoisotopic (exact) mass is 467 g/mol. The van der Waals surface area contributed by atoms with Crippen LogP contribution < -0.4 is 4.74 Å². The smallest absolute Gasteiger partial charge is 0.303 e. The zero-order valence-corrected chi connectivity index (χ0v) is 18.1. The third-order valence-corrected chi connectivity index (χ3v) is 5.69. The van der Waals surface area contributed by atoms with Gasteiger partial charge in [-0.1, -0.05) is 59.3 Å². The van der Waals surface area contributed by atoms with E-state index in [-0.39, 0.29) is 18.9 Å². The second-order valence-corrected chi connectivity index (χ2v) is 8.66. The van der Waals surface area contributed by atoms with Gasteiger partial charge in [-0.2, -0.15) is 0 Å². The largest absolute Gasteiger partial charge is 0.481 e. The molecule has 0 unspecified atom stereocenters. The third-order valence-electron chi connectivity index (χ3n) is 3.87. The van der Waals surface area contributed by atoms with Gasteiger partial charge in [-0.3, -0.25) is 14.5 Å². The average Bonchev–Trinajstić information content (AvgIpc) is 2.88. The predicted octanol–water partition coefficient (Wildman–Crippen LogP) is 5.85. The molecule has 2 aromatic carbocycles. The van der Waals surface area contributed by atoms with Gasteiger partial charge < -0.3 is 9.84 Å². The minimum Gasteiger partial charge on any atom is -0.481 e. The summed E-state index contributed by atoms with van der Waals surface area (Å²) in [5.41, 5.74) is 0.765. The number of carbonyl (C=O) groups is 2. The molecule has 0 atom stereocenters. The number of hydrogen-bond donors (Lipinski definition) is 1. The fourth-order valence-corrected chi connectivity index (χ4v) is 4.44. The van der Waals surface area contributed by atoms with Crippen LogP contribution in [0.5, 0.6) is 11.5 Å². The van der Waals surface area contributed by atoms with Gasteiger partial charge in [0.15, 0.2) is 0 Å². The minimum absolute atomic E-state index is 0.0109. The molecule has 0 bridgehead atoms. The number of thiocarbonyl (C=S) groups is 1. The molecule has 1 saturated heterocycles. The van der Waals surface area contributed by atoms with E-state index in [0.29, 0.717) is 37.2 Å². The lowest BCUT2D eigenvalue weighted by molar-refractivity contribution is -0.137. The number of carbonyl (C=O) groups excluding carboxylic acids is 1. The first kappa shape index (κ1) is 21.6. The van der Waals surface area contributed by atoms with E-state index < -0.39 is 5.97 Å². The van der Waals surface area contributed by atoms with Gasteiger partial charge in [0.2, 0.25) is 0 Å². The lowest BCUT2D eigenvalue weighted by Gasteiger charge is -2.13. The molecule has 1 aliphatic rings. The molecule has 1 heterocycles. The van der Waals surface area contributed by atoms with Crippen molar-refractivity contribution in [3.05, 3.63) is 63.0 Å². The first-order valence-electron chi connectivity index (χ1n) is 8.53. The Balaban J connectivity index is 1.73. The summed E-state index contributed by atoms with van der Waals surface area (Å²) < 4.78 is 6.23. The average molecular weight is 468 g/mol. The molecule has 2 aromatic rings. The molecule has 1 fully saturated rings. The van der Waals surface area contributed by atoms with Crippen molar-refractivity contribution in [2.75, 3.05) is 6.54 Å². The second-order valence-electron chi connectivity index (χ2n) is 6.11. The molecule has 5 nitrogen and oxygen atoms in total. The van der Waals surface area contributed by atoms with Crippen LogP contribution in [0.1, 0.15) is 18.4 Å². The standard InChI is InChI=1S/C20H15Cl2NO4S2/c21-13-9-14(22)11-16(10-13)27-15-4-1-3-12(7-15)8-17-19(26)23(20(28)29-17)6-2-5-18(24)25/h1,3-4,7-11H,2,5-6H2,(H,24,25)/b17-8-. The van der Waals surface area contributed by atoms with Gasteiger partial charge in [0.25, 0.3) is 5.91 Å². The van der Waals surface area contributed by atoms with Crippen LogP contribution in [0.2, 0.25) is 10.0 Å². The summed E-state index contributed by atoms with van der Waals surface area (Å²) in [5.74, 6) is -0.0550. The van der Waals surface area contributed by atoms with Crippen molar-refractivity contribution >= 4 is 69.5 Å². The minimum atomic E-state index is -0.899. The SMILES string of the molecule is O=C(O)CCCN1C(=O)/C(=C/c2cccc(Oc3cc(Cl)cc(Cl)c3)c2)SC1=S. The fourth-order valence-electron chi connectivity index (χ4n) is 2.62. The Morgan fingerprint density at radius 3 is 2.59 bits per heavy atom. The Morgan fingerprint density at radius 1 is 1.17 bits per heavy atom. The van der Waals surface area contributed by atoms with Crippen LogP contribution in [0.25, 0.3) is 6.08 Å². The van der Waals surface area contributed by atoms with E-state index in [1.165, 1.54) is 16.7 Å². The molecule has 150 valence electrons. The lowest BCUT2D eigenvalue weighted by atomic mass is 10.2. The van der Waals surface area contributed by atoms with E-state index in [1.54, 1.807) is 42.5 Å². The number of rotatable bonds is 7. The molecular formula is C20H15Cl2NO4S2. The molecule has 0 aliphatic carbocycles. The summed E-state index contributed by atoms with van der Waals surface area (Å²) >= 11 is 18.4. The lowest BCUT2D eigenvalue weighted by Crippen LogP contribution is -2.29. The molecule has 1 amide bonds. The molecule has 1 N–H and O–H groups in total. The van der Waals surface area contributed by atoms with E-state index in [9.17, 15) is 9.59 Å². The quantitative estimate of drug-likeness (QED) is 0.406. The third kappa shape index (κ3) is 5.96. The number of benzene rings is 2. The van der Waals surface area contributed by atoms with E-state index >= 15 is 0 Å². The normalized spacial score (nSPS) is 15.2. The van der Waals surface area contributed by atoms with Crippen molar-refractivity contribution in [1.82, 2.24) is 4.90 Å². The number of ether oxygens (including phenoxy) is 1. The first-order chi connectivity index (χ1) is 13.8. The Bertz CT molecular complexity index is 989. The second kappa shape index (κ2) is 9.63. The highest BCUT2D eigenvalue weighted by Gasteiger charge is 2.31. The summed E-state index contributed by atoms with van der Waals surface area (Å²) in [6, 6.07) is 12.1. The number of nitrogens with zero attached hydrogens (tertiary/aromatic N) is 1. The number of carboxylic acids is 1. The van der Waals surface area contributed by atoms with Crippen molar-refractivity contribution in [2.24, 2.45) is 0 Å². The zero-order chi connectivity index (χ0) is 21.0. The maximum Gasteiger partial charge on any atom is 0.303 e. The molecule has 1 aliphatic heterocycles. The number of thioether (sulfide) groups is 1. The van der Waals surface area contributed by atoms with E-state index in [4.69, 9.17) is 45.3 Å². The fraction of sp³-hybridized carbons (Fsp3) is 0.150. The highest BCUT2D eigenvalue weighted by atomic mass is 35.5.